The van der Waals surface area contributed by atoms with E-state index in [1.165, 1.54) is 23.2 Å². The number of carboxylic acids is 1. The van der Waals surface area contributed by atoms with E-state index in [1.54, 1.807) is 48.9 Å². The van der Waals surface area contributed by atoms with E-state index in [0.29, 0.717) is 17.1 Å². The van der Waals surface area contributed by atoms with Crippen molar-refractivity contribution in [2.75, 3.05) is 17.2 Å². The molecule has 5 rings (SSSR count). The molecule has 4 N–H and O–H groups in total. The van der Waals surface area contributed by atoms with Crippen LogP contribution in [0.25, 0.3) is 16.9 Å². The summed E-state index contributed by atoms with van der Waals surface area (Å²) < 4.78 is 42.7. The Morgan fingerprint density at radius 3 is 2.61 bits per heavy atom. The number of nitrogens with one attached hydrogen (secondary N) is 3. The van der Waals surface area contributed by atoms with E-state index in [4.69, 9.17) is 5.11 Å². The third-order valence-corrected chi connectivity index (χ3v) is 6.38. The molecule has 0 saturated heterocycles. The van der Waals surface area contributed by atoms with Crippen LogP contribution in [0.1, 0.15) is 27.2 Å². The zero-order valence-corrected chi connectivity index (χ0v) is 23.1. The number of alkyl halides is 3. The van der Waals surface area contributed by atoms with Crippen molar-refractivity contribution in [3.63, 3.8) is 0 Å². The van der Waals surface area contributed by atoms with E-state index < -0.39 is 23.6 Å². The van der Waals surface area contributed by atoms with Crippen molar-refractivity contribution in [3.05, 3.63) is 108 Å². The van der Waals surface area contributed by atoms with E-state index in [9.17, 15) is 22.8 Å². The van der Waals surface area contributed by atoms with Gasteiger partial charge in [-0.1, -0.05) is 6.07 Å². The van der Waals surface area contributed by atoms with Gasteiger partial charge in [0.15, 0.2) is 0 Å². The first-order valence-electron chi connectivity index (χ1n) is 13.2. The van der Waals surface area contributed by atoms with Gasteiger partial charge in [-0.15, -0.1) is 0 Å². The van der Waals surface area contributed by atoms with Crippen molar-refractivity contribution in [2.45, 2.75) is 19.6 Å². The van der Waals surface area contributed by atoms with Crippen LogP contribution in [0.4, 0.5) is 30.5 Å². The van der Waals surface area contributed by atoms with Gasteiger partial charge < -0.3 is 25.6 Å². The summed E-state index contributed by atoms with van der Waals surface area (Å²) in [4.78, 5) is 40.9. The highest BCUT2D eigenvalue weighted by Crippen LogP contribution is 2.33. The van der Waals surface area contributed by atoms with Crippen molar-refractivity contribution in [2.24, 2.45) is 0 Å². The number of carbonyl (C=O) groups is 2. The number of imidazole rings is 1. The molecule has 0 aliphatic carbocycles. The number of carbonyl (C=O) groups excluding carboxylic acids is 1. The zero-order chi connectivity index (χ0) is 31.3. The Hall–Kier alpha value is -5.63. The molecule has 0 unspecified atom stereocenters. The molecule has 0 spiro atoms. The molecule has 1 amide bonds. The fourth-order valence-electron chi connectivity index (χ4n) is 4.21. The summed E-state index contributed by atoms with van der Waals surface area (Å²) in [5, 5.41) is 17.1. The largest absolute Gasteiger partial charge is 0.480 e. The number of nitrogens with zero attached hydrogens (tertiary/aromatic N) is 5. The molecule has 5 aromatic rings. The number of benzene rings is 2. The molecule has 11 nitrogen and oxygen atoms in total. The Morgan fingerprint density at radius 1 is 1.02 bits per heavy atom. The van der Waals surface area contributed by atoms with Crippen LogP contribution in [0.5, 0.6) is 0 Å². The molecule has 2 aromatic carbocycles. The Balaban J connectivity index is 1.37. The monoisotopic (exact) mass is 602 g/mol. The summed E-state index contributed by atoms with van der Waals surface area (Å²) in [6.45, 7) is 1.63. The molecular weight excluding hydrogens is 577 g/mol. The number of aliphatic carboxylic acids is 1. The number of hydrogen-bond acceptors (Lipinski definition) is 8. The molecule has 3 heterocycles. The molecule has 224 valence electrons. The van der Waals surface area contributed by atoms with Gasteiger partial charge >= 0.3 is 12.1 Å². The van der Waals surface area contributed by atoms with Crippen LogP contribution in [-0.4, -0.2) is 48.0 Å². The van der Waals surface area contributed by atoms with Gasteiger partial charge in [-0.05, 0) is 61.0 Å². The van der Waals surface area contributed by atoms with Gasteiger partial charge in [0.2, 0.25) is 5.95 Å². The lowest BCUT2D eigenvalue weighted by molar-refractivity contribution is -0.138. The molecule has 3 aromatic heterocycles. The molecule has 14 heteroatoms. The number of rotatable bonds is 10. The maximum Gasteiger partial charge on any atom is 0.416 e. The summed E-state index contributed by atoms with van der Waals surface area (Å²) >= 11 is 0. The van der Waals surface area contributed by atoms with E-state index in [-0.39, 0.29) is 36.0 Å². The van der Waals surface area contributed by atoms with Crippen molar-refractivity contribution in [3.8, 4) is 16.9 Å². The van der Waals surface area contributed by atoms with E-state index in [2.05, 4.69) is 35.9 Å². The number of halogens is 3. The number of anilines is 3. The van der Waals surface area contributed by atoms with Gasteiger partial charge in [-0.25, -0.2) is 15.0 Å². The summed E-state index contributed by atoms with van der Waals surface area (Å²) in [5.41, 5.74) is 2.42. The van der Waals surface area contributed by atoms with E-state index in [0.717, 1.165) is 23.3 Å². The lowest BCUT2D eigenvalue weighted by atomic mass is 10.1. The Kier molecular flexibility index (Phi) is 8.62. The SMILES string of the molecule is Cc1ccc(C(=O)Nc2cc(-n3cnc(CNCC(=O)O)c3)cc(C(F)(F)F)c2)cc1Nc1nccc(-c2cccnc2)n1. The molecular formula is C30H25F3N8O3. The van der Waals surface area contributed by atoms with Crippen LogP contribution in [-0.2, 0) is 17.5 Å². The Bertz CT molecular complexity index is 1810. The molecule has 0 aliphatic heterocycles. The van der Waals surface area contributed by atoms with Crippen molar-refractivity contribution in [1.82, 2.24) is 29.8 Å². The second-order valence-corrected chi connectivity index (χ2v) is 9.65. The van der Waals surface area contributed by atoms with Crippen LogP contribution in [0.15, 0.2) is 85.7 Å². The number of aryl methyl sites for hydroxylation is 1. The third-order valence-electron chi connectivity index (χ3n) is 6.38. The maximum atomic E-state index is 13.8. The number of hydrogen-bond donors (Lipinski definition) is 4. The van der Waals surface area contributed by atoms with E-state index >= 15 is 0 Å². The minimum atomic E-state index is -4.69. The molecule has 0 radical (unpaired) electrons. The highest BCUT2D eigenvalue weighted by molar-refractivity contribution is 6.05. The second-order valence-electron chi connectivity index (χ2n) is 9.65. The maximum absolute atomic E-state index is 13.8. The van der Waals surface area contributed by atoms with Crippen LogP contribution in [0.2, 0.25) is 0 Å². The normalized spacial score (nSPS) is 11.3. The minimum absolute atomic E-state index is 0.0818. The lowest BCUT2D eigenvalue weighted by Crippen LogP contribution is -2.21. The summed E-state index contributed by atoms with van der Waals surface area (Å²) in [6, 6.07) is 13.4. The first-order chi connectivity index (χ1) is 21.0. The Morgan fingerprint density at radius 2 is 1.86 bits per heavy atom. The highest BCUT2D eigenvalue weighted by Gasteiger charge is 2.31. The molecule has 0 saturated carbocycles. The fourth-order valence-corrected chi connectivity index (χ4v) is 4.21. The Labute approximate surface area is 248 Å². The zero-order valence-electron chi connectivity index (χ0n) is 23.1. The van der Waals surface area contributed by atoms with Crippen molar-refractivity contribution in [1.29, 1.82) is 0 Å². The van der Waals surface area contributed by atoms with Crippen molar-refractivity contribution >= 4 is 29.2 Å². The van der Waals surface area contributed by atoms with Gasteiger partial charge in [0.1, 0.15) is 0 Å². The van der Waals surface area contributed by atoms with Gasteiger partial charge in [-0.3, -0.25) is 14.6 Å². The molecule has 0 aliphatic rings. The molecule has 0 bridgehead atoms. The number of carboxylic acid groups (broad SMARTS) is 1. The smallest absolute Gasteiger partial charge is 0.416 e. The summed E-state index contributed by atoms with van der Waals surface area (Å²) in [6.07, 6.45) is 3.01. The molecule has 0 fully saturated rings. The fraction of sp³-hybridized carbons (Fsp3) is 0.133. The van der Waals surface area contributed by atoms with E-state index in [1.807, 2.05) is 13.0 Å². The lowest BCUT2D eigenvalue weighted by Gasteiger charge is -2.14. The van der Waals surface area contributed by atoms with Gasteiger partial charge in [-0.2, -0.15) is 13.2 Å². The molecule has 44 heavy (non-hydrogen) atoms. The van der Waals surface area contributed by atoms with Crippen LogP contribution in [0.3, 0.4) is 0 Å². The number of pyridine rings is 1. The quantitative estimate of drug-likeness (QED) is 0.169. The van der Waals surface area contributed by atoms with Gasteiger partial charge in [0.25, 0.3) is 5.91 Å². The van der Waals surface area contributed by atoms with Gasteiger partial charge in [0, 0.05) is 59.5 Å². The summed E-state index contributed by atoms with van der Waals surface area (Å²) in [5.74, 6) is -1.40. The topological polar surface area (TPSA) is 147 Å². The van der Waals surface area contributed by atoms with Crippen LogP contribution < -0.4 is 16.0 Å². The number of aromatic nitrogens is 5. The average Bonchev–Trinajstić information content (AvgIpc) is 3.47. The molecule has 0 atom stereocenters. The first kappa shape index (κ1) is 29.8. The van der Waals surface area contributed by atoms with Gasteiger partial charge in [0.05, 0.1) is 29.8 Å². The van der Waals surface area contributed by atoms with Crippen molar-refractivity contribution < 1.29 is 27.9 Å². The predicted octanol–water partition coefficient (Wildman–Crippen LogP) is 5.22. The second kappa shape index (κ2) is 12.7. The summed E-state index contributed by atoms with van der Waals surface area (Å²) in [7, 11) is 0. The minimum Gasteiger partial charge on any atom is -0.480 e. The van der Waals surface area contributed by atoms with Crippen LogP contribution in [0, 0.1) is 6.92 Å². The number of amides is 1. The third kappa shape index (κ3) is 7.41. The predicted molar refractivity (Wildman–Crippen MR) is 156 cm³/mol. The highest BCUT2D eigenvalue weighted by atomic mass is 19.4. The average molecular weight is 603 g/mol. The first-order valence-corrected chi connectivity index (χ1v) is 13.2. The standard InChI is InChI=1S/C30H25F3N8O3/c1-18-4-5-19(9-26(18)40-29-36-8-6-25(39-29)20-3-2-7-34-13-20)28(44)38-22-10-21(30(31,32)33)11-24(12-22)41-16-23(37-17-41)14-35-15-27(42)43/h2-13,16-17,35H,14-15H2,1H3,(H,38,44)(H,42,43)(H,36,39,40). The van der Waals surface area contributed by atoms with Crippen LogP contribution >= 0.6 is 0 Å².